The summed E-state index contributed by atoms with van der Waals surface area (Å²) in [7, 11) is -3.47. The molecule has 0 aromatic carbocycles. The molecule has 7 heteroatoms. The highest BCUT2D eigenvalue weighted by atomic mass is 79.9. The van der Waals surface area contributed by atoms with E-state index in [0.717, 1.165) is 12.0 Å². The quantitative estimate of drug-likeness (QED) is 0.850. The maximum atomic E-state index is 12.5. The monoisotopic (exact) mass is 351 g/mol. The van der Waals surface area contributed by atoms with Crippen LogP contribution in [0.5, 0.6) is 0 Å². The maximum absolute atomic E-state index is 12.5. The van der Waals surface area contributed by atoms with E-state index in [1.165, 1.54) is 21.7 Å². The molecule has 0 spiro atoms. The van der Waals surface area contributed by atoms with Gasteiger partial charge in [0.2, 0.25) is 10.0 Å². The summed E-state index contributed by atoms with van der Waals surface area (Å²) in [6, 6.07) is 1.54. The smallest absolute Gasteiger partial charge is 0.245 e. The Hall–Kier alpha value is -0.210. The van der Waals surface area contributed by atoms with E-state index in [9.17, 15) is 8.42 Å². The highest BCUT2D eigenvalue weighted by molar-refractivity contribution is 9.11. The van der Waals surface area contributed by atoms with E-state index in [0.29, 0.717) is 21.8 Å². The lowest BCUT2D eigenvalue weighted by atomic mass is 10.2. The zero-order valence-electron chi connectivity index (χ0n) is 9.89. The topological polar surface area (TPSA) is 57.6 Å². The molecular weight excluding hydrogens is 338 g/mol. The number of halogens is 1. The van der Waals surface area contributed by atoms with Crippen LogP contribution >= 0.6 is 27.3 Å². The average molecular weight is 352 g/mol. The molecule has 1 aliphatic heterocycles. The first-order chi connectivity index (χ1) is 8.45. The van der Waals surface area contributed by atoms with Gasteiger partial charge in [-0.3, -0.25) is 0 Å². The number of thiophene rings is 1. The summed E-state index contributed by atoms with van der Waals surface area (Å²) in [6.45, 7) is 2.75. The van der Waals surface area contributed by atoms with Gasteiger partial charge in [0.25, 0.3) is 0 Å². The van der Waals surface area contributed by atoms with Gasteiger partial charge in [0.15, 0.2) is 0 Å². The summed E-state index contributed by atoms with van der Waals surface area (Å²) in [5.41, 5.74) is 1.07. The molecule has 0 fully saturated rings. The molecule has 0 saturated carbocycles. The van der Waals surface area contributed by atoms with Gasteiger partial charge in [-0.15, -0.1) is 11.3 Å². The molecule has 1 N–H and O–H groups in total. The zero-order chi connectivity index (χ0) is 13.3. The van der Waals surface area contributed by atoms with Gasteiger partial charge in [-0.25, -0.2) is 8.42 Å². The van der Waals surface area contributed by atoms with Gasteiger partial charge in [0.1, 0.15) is 4.90 Å². The van der Waals surface area contributed by atoms with Gasteiger partial charge in [-0.2, -0.15) is 4.31 Å². The highest BCUT2D eigenvalue weighted by Crippen LogP contribution is 2.34. The second-order valence-corrected chi connectivity index (χ2v) is 8.55. The van der Waals surface area contributed by atoms with Crippen molar-refractivity contribution in [2.45, 2.75) is 24.8 Å². The number of rotatable bonds is 3. The van der Waals surface area contributed by atoms with Crippen molar-refractivity contribution >= 4 is 37.3 Å². The molecule has 0 saturated heterocycles. The molecule has 0 radical (unpaired) electrons. The summed E-state index contributed by atoms with van der Waals surface area (Å²) in [5.74, 6) is 0. The molecule has 1 aliphatic rings. The molecule has 0 unspecified atom stereocenters. The number of aliphatic hydroxyl groups excluding tert-OH is 1. The summed E-state index contributed by atoms with van der Waals surface area (Å²) in [6.07, 6.45) is 2.81. The number of nitrogens with zero attached hydrogens (tertiary/aromatic N) is 1. The summed E-state index contributed by atoms with van der Waals surface area (Å²) < 4.78 is 27.0. The molecular formula is C11H14BrNO3S2. The first kappa shape index (κ1) is 14.2. The van der Waals surface area contributed by atoms with E-state index in [2.05, 4.69) is 22.0 Å². The van der Waals surface area contributed by atoms with Crippen molar-refractivity contribution in [2.24, 2.45) is 0 Å². The lowest BCUT2D eigenvalue weighted by Gasteiger charge is -2.25. The van der Waals surface area contributed by atoms with Crippen LogP contribution in [0.15, 0.2) is 26.4 Å². The van der Waals surface area contributed by atoms with Gasteiger partial charge < -0.3 is 5.11 Å². The molecule has 1 aromatic rings. The second-order valence-electron chi connectivity index (χ2n) is 4.19. The fourth-order valence-electron chi connectivity index (χ4n) is 1.87. The van der Waals surface area contributed by atoms with Crippen LogP contribution in [0.2, 0.25) is 0 Å². The Balaban J connectivity index is 2.36. The molecule has 0 atom stereocenters. The van der Waals surface area contributed by atoms with E-state index in [1.807, 2.05) is 6.92 Å². The third-order valence-electron chi connectivity index (χ3n) is 2.78. The minimum absolute atomic E-state index is 0.141. The predicted molar refractivity (Wildman–Crippen MR) is 75.1 cm³/mol. The number of hydrogen-bond acceptors (Lipinski definition) is 4. The normalized spacial score (nSPS) is 17.8. The molecule has 2 rings (SSSR count). The van der Waals surface area contributed by atoms with Crippen LogP contribution in [-0.4, -0.2) is 30.9 Å². The van der Waals surface area contributed by atoms with E-state index in [1.54, 1.807) is 0 Å². The van der Waals surface area contributed by atoms with Crippen LogP contribution < -0.4 is 0 Å². The molecule has 1 aromatic heterocycles. The van der Waals surface area contributed by atoms with Crippen LogP contribution in [0.4, 0.5) is 0 Å². The molecule has 2 heterocycles. The number of hydrogen-bond donors (Lipinski definition) is 1. The van der Waals surface area contributed by atoms with Gasteiger partial charge >= 0.3 is 0 Å². The molecule has 4 nitrogen and oxygen atoms in total. The Labute approximate surface area is 119 Å². The van der Waals surface area contributed by atoms with Crippen LogP contribution in [0.1, 0.15) is 18.2 Å². The van der Waals surface area contributed by atoms with Crippen LogP contribution in [0.25, 0.3) is 0 Å². The van der Waals surface area contributed by atoms with Crippen molar-refractivity contribution in [2.75, 3.05) is 13.1 Å². The Morgan fingerprint density at radius 3 is 2.83 bits per heavy atom. The molecule has 0 amide bonds. The van der Waals surface area contributed by atoms with Crippen molar-refractivity contribution in [3.63, 3.8) is 0 Å². The van der Waals surface area contributed by atoms with Crippen LogP contribution in [0.3, 0.4) is 0 Å². The Kier molecular flexibility index (Phi) is 4.28. The van der Waals surface area contributed by atoms with E-state index >= 15 is 0 Å². The van der Waals surface area contributed by atoms with Crippen molar-refractivity contribution in [1.82, 2.24) is 4.31 Å². The third-order valence-corrected chi connectivity index (χ3v) is 6.86. The Morgan fingerprint density at radius 1 is 1.56 bits per heavy atom. The van der Waals surface area contributed by atoms with Crippen LogP contribution in [-0.2, 0) is 16.6 Å². The molecule has 0 aliphatic carbocycles. The van der Waals surface area contributed by atoms with Gasteiger partial charge in [-0.1, -0.05) is 11.6 Å². The summed E-state index contributed by atoms with van der Waals surface area (Å²) >= 11 is 4.51. The summed E-state index contributed by atoms with van der Waals surface area (Å²) in [5, 5.41) is 9.07. The first-order valence-electron chi connectivity index (χ1n) is 5.50. The van der Waals surface area contributed by atoms with Crippen LogP contribution in [0, 0.1) is 0 Å². The van der Waals surface area contributed by atoms with E-state index in [-0.39, 0.29) is 11.5 Å². The van der Waals surface area contributed by atoms with Crippen molar-refractivity contribution in [3.05, 3.63) is 26.4 Å². The van der Waals surface area contributed by atoms with Crippen molar-refractivity contribution < 1.29 is 13.5 Å². The predicted octanol–water partition coefficient (Wildman–Crippen LogP) is 2.34. The van der Waals surface area contributed by atoms with E-state index < -0.39 is 10.0 Å². The minimum atomic E-state index is -3.47. The first-order valence-corrected chi connectivity index (χ1v) is 8.55. The Bertz CT molecular complexity index is 577. The van der Waals surface area contributed by atoms with Gasteiger partial charge in [0, 0.05) is 18.0 Å². The Morgan fingerprint density at radius 2 is 2.28 bits per heavy atom. The number of sulfonamides is 1. The maximum Gasteiger partial charge on any atom is 0.245 e. The lowest BCUT2D eigenvalue weighted by Crippen LogP contribution is -2.35. The largest absolute Gasteiger partial charge is 0.391 e. The highest BCUT2D eigenvalue weighted by Gasteiger charge is 2.29. The second kappa shape index (κ2) is 5.42. The lowest BCUT2D eigenvalue weighted by molar-refractivity contribution is 0.285. The van der Waals surface area contributed by atoms with Gasteiger partial charge in [0.05, 0.1) is 10.4 Å². The van der Waals surface area contributed by atoms with E-state index in [4.69, 9.17) is 5.11 Å². The SMILES string of the molecule is CC1=CCCN(S(=O)(=O)c2cc(CO)sc2Br)C1. The fraction of sp³-hybridized carbons (Fsp3) is 0.455. The number of aliphatic hydroxyl groups is 1. The van der Waals surface area contributed by atoms with Gasteiger partial charge in [-0.05, 0) is 35.3 Å². The standard InChI is InChI=1S/C11H14BrNO3S2/c1-8-3-2-4-13(6-8)18(15,16)10-5-9(7-14)17-11(10)12/h3,5,14H,2,4,6-7H2,1H3. The molecule has 0 bridgehead atoms. The molecule has 100 valence electrons. The van der Waals surface area contributed by atoms with Crippen molar-refractivity contribution in [3.8, 4) is 0 Å². The average Bonchev–Trinajstić information content (AvgIpc) is 2.71. The van der Waals surface area contributed by atoms with Crippen molar-refractivity contribution in [1.29, 1.82) is 0 Å². The molecule has 18 heavy (non-hydrogen) atoms. The minimum Gasteiger partial charge on any atom is -0.391 e. The zero-order valence-corrected chi connectivity index (χ0v) is 13.1. The fourth-order valence-corrected chi connectivity index (χ4v) is 5.86. The summed E-state index contributed by atoms with van der Waals surface area (Å²) in [4.78, 5) is 0.899. The third kappa shape index (κ3) is 2.70.